The van der Waals surface area contributed by atoms with Crippen molar-refractivity contribution in [2.45, 2.75) is 15.8 Å². The van der Waals surface area contributed by atoms with Gasteiger partial charge in [0.05, 0.1) is 25.3 Å². The maximum absolute atomic E-state index is 12.2. The molecule has 1 unspecified atom stereocenters. The van der Waals surface area contributed by atoms with Crippen molar-refractivity contribution in [3.63, 3.8) is 0 Å². The highest BCUT2D eigenvalue weighted by atomic mass is 35.5. The van der Waals surface area contributed by atoms with Crippen LogP contribution in [0.25, 0.3) is 0 Å². The molecule has 1 aliphatic rings. The Kier molecular flexibility index (Phi) is 8.06. The first kappa shape index (κ1) is 20.9. The van der Waals surface area contributed by atoms with Gasteiger partial charge in [-0.25, -0.2) is 0 Å². The van der Waals surface area contributed by atoms with Crippen molar-refractivity contribution in [2.24, 2.45) is 0 Å². The Hall–Kier alpha value is -1.44. The minimum absolute atomic E-state index is 0. The molecular weight excluding hydrogens is 395 g/mol. The zero-order valence-electron chi connectivity index (χ0n) is 14.2. The number of rotatable bonds is 5. The molecule has 1 aliphatic heterocycles. The lowest BCUT2D eigenvalue weighted by Gasteiger charge is -2.23. The van der Waals surface area contributed by atoms with Gasteiger partial charge in [0.2, 0.25) is 5.91 Å². The van der Waals surface area contributed by atoms with Crippen molar-refractivity contribution in [1.29, 1.82) is 0 Å². The molecule has 1 amide bonds. The zero-order chi connectivity index (χ0) is 17.6. The van der Waals surface area contributed by atoms with E-state index in [0.29, 0.717) is 30.5 Å². The van der Waals surface area contributed by atoms with Crippen LogP contribution in [0.3, 0.4) is 0 Å². The van der Waals surface area contributed by atoms with Gasteiger partial charge in [-0.1, -0.05) is 23.4 Å². The van der Waals surface area contributed by atoms with E-state index >= 15 is 0 Å². The Balaban J connectivity index is 0.00000243. The van der Waals surface area contributed by atoms with Crippen molar-refractivity contribution in [1.82, 2.24) is 5.32 Å². The Labute approximate surface area is 168 Å². The number of morpholine rings is 1. The summed E-state index contributed by atoms with van der Waals surface area (Å²) in [7, 11) is 1.64. The fourth-order valence-electron chi connectivity index (χ4n) is 2.40. The smallest absolute Gasteiger partial charge is 0.243 e. The maximum Gasteiger partial charge on any atom is 0.243 e. The molecule has 26 heavy (non-hydrogen) atoms. The number of anilines is 1. The van der Waals surface area contributed by atoms with Crippen LogP contribution in [-0.4, -0.2) is 38.8 Å². The number of halogens is 2. The molecule has 5 nitrogen and oxygen atoms in total. The Morgan fingerprint density at radius 3 is 2.69 bits per heavy atom. The predicted molar refractivity (Wildman–Crippen MR) is 107 cm³/mol. The molecule has 3 rings (SSSR count). The van der Waals surface area contributed by atoms with Gasteiger partial charge in [-0.3, -0.25) is 4.79 Å². The monoisotopic (exact) mass is 414 g/mol. The van der Waals surface area contributed by atoms with Gasteiger partial charge in [0.15, 0.2) is 0 Å². The molecule has 1 saturated heterocycles. The van der Waals surface area contributed by atoms with E-state index in [0.717, 1.165) is 15.5 Å². The maximum atomic E-state index is 12.2. The summed E-state index contributed by atoms with van der Waals surface area (Å²) in [5.41, 5.74) is 0.668. The predicted octanol–water partition coefficient (Wildman–Crippen LogP) is 3.85. The van der Waals surface area contributed by atoms with Gasteiger partial charge in [0.25, 0.3) is 0 Å². The number of benzene rings is 2. The summed E-state index contributed by atoms with van der Waals surface area (Å²) >= 11 is 7.93. The normalized spacial score (nSPS) is 16.5. The van der Waals surface area contributed by atoms with E-state index in [9.17, 15) is 4.79 Å². The lowest BCUT2D eigenvalue weighted by atomic mass is 10.2. The van der Waals surface area contributed by atoms with E-state index in [1.54, 1.807) is 24.9 Å². The zero-order valence-corrected chi connectivity index (χ0v) is 16.5. The van der Waals surface area contributed by atoms with Crippen LogP contribution in [-0.2, 0) is 9.53 Å². The molecule has 1 atom stereocenters. The quantitative estimate of drug-likeness (QED) is 0.777. The minimum Gasteiger partial charge on any atom is -0.497 e. The molecule has 2 N–H and O–H groups in total. The average molecular weight is 415 g/mol. The molecule has 2 aromatic carbocycles. The Morgan fingerprint density at radius 1 is 1.31 bits per heavy atom. The van der Waals surface area contributed by atoms with Crippen LogP contribution in [0.2, 0.25) is 5.02 Å². The van der Waals surface area contributed by atoms with Crippen molar-refractivity contribution in [3.8, 4) is 5.75 Å². The van der Waals surface area contributed by atoms with Crippen LogP contribution >= 0.6 is 35.8 Å². The summed E-state index contributed by atoms with van der Waals surface area (Å²) in [6.07, 6.45) is 0. The number of amides is 1. The van der Waals surface area contributed by atoms with Gasteiger partial charge in [0.1, 0.15) is 11.8 Å². The second-order valence-corrected chi connectivity index (χ2v) is 7.02. The summed E-state index contributed by atoms with van der Waals surface area (Å²) in [5.74, 6) is 0.695. The van der Waals surface area contributed by atoms with Gasteiger partial charge >= 0.3 is 0 Å². The molecule has 1 heterocycles. The number of ether oxygens (including phenoxy) is 2. The number of hydrogen-bond acceptors (Lipinski definition) is 5. The molecule has 0 radical (unpaired) electrons. The van der Waals surface area contributed by atoms with Crippen molar-refractivity contribution in [2.75, 3.05) is 32.2 Å². The van der Waals surface area contributed by atoms with Gasteiger partial charge in [-0.15, -0.1) is 12.4 Å². The third kappa shape index (κ3) is 5.53. The molecule has 8 heteroatoms. The van der Waals surface area contributed by atoms with Crippen molar-refractivity contribution in [3.05, 3.63) is 47.5 Å². The van der Waals surface area contributed by atoms with Crippen molar-refractivity contribution >= 4 is 47.4 Å². The van der Waals surface area contributed by atoms with Gasteiger partial charge in [-0.2, -0.15) is 0 Å². The first-order chi connectivity index (χ1) is 12.2. The largest absolute Gasteiger partial charge is 0.497 e. The second kappa shape index (κ2) is 10.0. The summed E-state index contributed by atoms with van der Waals surface area (Å²) < 4.78 is 10.5. The highest BCUT2D eigenvalue weighted by molar-refractivity contribution is 7.99. The minimum atomic E-state index is -0.333. The molecule has 1 fully saturated rings. The third-order valence-corrected chi connectivity index (χ3v) is 5.23. The fourth-order valence-corrected chi connectivity index (χ4v) is 3.51. The summed E-state index contributed by atoms with van der Waals surface area (Å²) in [5, 5.41) is 6.58. The van der Waals surface area contributed by atoms with Crippen LogP contribution in [0, 0.1) is 0 Å². The number of hydrogen-bond donors (Lipinski definition) is 2. The Bertz CT molecular complexity index is 738. The van der Waals surface area contributed by atoms with Crippen molar-refractivity contribution < 1.29 is 14.3 Å². The molecule has 140 valence electrons. The Morgan fingerprint density at radius 2 is 2.08 bits per heavy atom. The second-order valence-electron chi connectivity index (χ2n) is 5.49. The first-order valence-corrected chi connectivity index (χ1v) is 9.08. The van der Waals surface area contributed by atoms with Gasteiger partial charge in [0, 0.05) is 22.0 Å². The number of carbonyl (C=O) groups is 1. The molecule has 0 aromatic heterocycles. The number of methoxy groups -OCH3 is 1. The SMILES string of the molecule is COc1ccc(Sc2ccc(NC(=O)C3COCCN3)cc2Cl)cc1.Cl. The summed E-state index contributed by atoms with van der Waals surface area (Å²) in [6.45, 7) is 1.69. The molecule has 0 bridgehead atoms. The third-order valence-electron chi connectivity index (χ3n) is 3.72. The fraction of sp³-hybridized carbons (Fsp3) is 0.278. The van der Waals surface area contributed by atoms with Crippen LogP contribution in [0.4, 0.5) is 5.69 Å². The average Bonchev–Trinajstić information content (AvgIpc) is 2.65. The topological polar surface area (TPSA) is 59.6 Å². The molecule has 0 aliphatic carbocycles. The van der Waals surface area contributed by atoms with Gasteiger partial charge < -0.3 is 20.1 Å². The molecule has 0 saturated carbocycles. The first-order valence-electron chi connectivity index (χ1n) is 7.89. The molecular formula is C18H20Cl2N2O3S. The summed E-state index contributed by atoms with van der Waals surface area (Å²) in [4.78, 5) is 14.2. The standard InChI is InChI=1S/C18H19ClN2O3S.ClH/c1-23-13-3-5-14(6-4-13)25-17-7-2-12(10-15(17)19)21-18(22)16-11-24-9-8-20-16;/h2-7,10,16,20H,8-9,11H2,1H3,(H,21,22);1H. The number of carbonyl (C=O) groups excluding carboxylic acids is 1. The van der Waals surface area contributed by atoms with E-state index in [1.807, 2.05) is 36.4 Å². The highest BCUT2D eigenvalue weighted by Gasteiger charge is 2.21. The lowest BCUT2D eigenvalue weighted by Crippen LogP contribution is -2.48. The van der Waals surface area contributed by atoms with Crippen LogP contribution < -0.4 is 15.4 Å². The highest BCUT2D eigenvalue weighted by Crippen LogP contribution is 2.35. The van der Waals surface area contributed by atoms with Crippen LogP contribution in [0.15, 0.2) is 52.3 Å². The molecule has 2 aromatic rings. The summed E-state index contributed by atoms with van der Waals surface area (Å²) in [6, 6.07) is 12.9. The number of nitrogens with one attached hydrogen (secondary N) is 2. The van der Waals surface area contributed by atoms with E-state index in [1.165, 1.54) is 0 Å². The molecule has 0 spiro atoms. The van der Waals surface area contributed by atoms with E-state index in [4.69, 9.17) is 21.1 Å². The van der Waals surface area contributed by atoms with Crippen LogP contribution in [0.5, 0.6) is 5.75 Å². The lowest BCUT2D eigenvalue weighted by molar-refractivity contribution is -0.120. The van der Waals surface area contributed by atoms with E-state index in [-0.39, 0.29) is 24.4 Å². The van der Waals surface area contributed by atoms with Crippen LogP contribution in [0.1, 0.15) is 0 Å². The van der Waals surface area contributed by atoms with E-state index < -0.39 is 0 Å². The van der Waals surface area contributed by atoms with E-state index in [2.05, 4.69) is 10.6 Å². The van der Waals surface area contributed by atoms with Gasteiger partial charge in [-0.05, 0) is 42.5 Å².